The number of allylic oxidation sites excluding steroid dienone is 1. The Bertz CT molecular complexity index is 1120. The molecule has 28 heavy (non-hydrogen) atoms. The Balaban J connectivity index is 2.05. The maximum Gasteiger partial charge on any atom is 0.265 e. The number of benzene rings is 1. The number of hydrogen-bond donors (Lipinski definition) is 0. The van der Waals surface area contributed by atoms with E-state index in [2.05, 4.69) is 46.4 Å². The van der Waals surface area contributed by atoms with E-state index in [0.29, 0.717) is 23.4 Å². The lowest BCUT2D eigenvalue weighted by atomic mass is 9.72. The highest BCUT2D eigenvalue weighted by molar-refractivity contribution is 7.99. The zero-order chi connectivity index (χ0) is 20.1. The molecular formula is C22H26N4OS. The van der Waals surface area contributed by atoms with E-state index >= 15 is 0 Å². The lowest BCUT2D eigenvalue weighted by molar-refractivity contribution is 0.505. The van der Waals surface area contributed by atoms with Gasteiger partial charge in [-0.1, -0.05) is 69.8 Å². The fraction of sp³-hybridized carbons (Fsp3) is 0.409. The third kappa shape index (κ3) is 3.00. The van der Waals surface area contributed by atoms with Gasteiger partial charge in [0.25, 0.3) is 5.56 Å². The highest BCUT2D eigenvalue weighted by Gasteiger charge is 2.36. The first-order chi connectivity index (χ1) is 13.3. The van der Waals surface area contributed by atoms with Gasteiger partial charge in [-0.15, -0.1) is 11.7 Å². The van der Waals surface area contributed by atoms with Crippen molar-refractivity contribution in [2.24, 2.45) is 5.92 Å². The van der Waals surface area contributed by atoms with Crippen LogP contribution in [-0.2, 0) is 18.4 Å². The maximum absolute atomic E-state index is 13.7. The molecule has 5 nitrogen and oxygen atoms in total. The molecule has 1 aliphatic rings. The van der Waals surface area contributed by atoms with E-state index in [1.54, 1.807) is 26.9 Å². The van der Waals surface area contributed by atoms with E-state index in [1.165, 1.54) is 5.56 Å². The summed E-state index contributed by atoms with van der Waals surface area (Å²) in [5.74, 6) is 1.99. The molecule has 3 aromatic rings. The predicted octanol–water partition coefficient (Wildman–Crippen LogP) is 4.33. The highest BCUT2D eigenvalue weighted by Crippen LogP contribution is 2.40. The summed E-state index contributed by atoms with van der Waals surface area (Å²) in [5.41, 5.74) is 3.59. The molecule has 6 heteroatoms. The van der Waals surface area contributed by atoms with E-state index in [0.717, 1.165) is 29.0 Å². The number of thioether (sulfide) groups is 1. The van der Waals surface area contributed by atoms with E-state index in [1.807, 2.05) is 12.1 Å². The van der Waals surface area contributed by atoms with Gasteiger partial charge in [-0.25, -0.2) is 14.1 Å². The fourth-order valence-corrected chi connectivity index (χ4v) is 4.83. The molecule has 146 valence electrons. The van der Waals surface area contributed by atoms with Crippen molar-refractivity contribution >= 4 is 17.5 Å². The summed E-state index contributed by atoms with van der Waals surface area (Å²) < 4.78 is 3.48. The van der Waals surface area contributed by atoms with Gasteiger partial charge >= 0.3 is 0 Å². The van der Waals surface area contributed by atoms with E-state index < -0.39 is 0 Å². The van der Waals surface area contributed by atoms with Gasteiger partial charge in [0.15, 0.2) is 5.16 Å². The van der Waals surface area contributed by atoms with Crippen LogP contribution in [0.25, 0.3) is 17.0 Å². The van der Waals surface area contributed by atoms with Crippen molar-refractivity contribution in [3.63, 3.8) is 0 Å². The lowest BCUT2D eigenvalue weighted by Gasteiger charge is -2.32. The molecule has 0 N–H and O–H groups in total. The van der Waals surface area contributed by atoms with Gasteiger partial charge in [0.1, 0.15) is 0 Å². The molecule has 0 bridgehead atoms. The monoisotopic (exact) mass is 394 g/mol. The molecule has 4 rings (SSSR count). The summed E-state index contributed by atoms with van der Waals surface area (Å²) in [6.07, 6.45) is 2.61. The Hall–Kier alpha value is -2.34. The number of fused-ring (bicyclic) bond motifs is 4. The summed E-state index contributed by atoms with van der Waals surface area (Å²) in [7, 11) is 0. The number of hydrogen-bond acceptors (Lipinski definition) is 4. The second-order valence-corrected chi connectivity index (χ2v) is 9.44. The van der Waals surface area contributed by atoms with Gasteiger partial charge in [0.2, 0.25) is 5.78 Å². The van der Waals surface area contributed by atoms with Crippen LogP contribution in [0.2, 0.25) is 0 Å². The Kier molecular flexibility index (Phi) is 4.70. The van der Waals surface area contributed by atoms with Crippen molar-refractivity contribution < 1.29 is 0 Å². The first kappa shape index (κ1) is 19.0. The molecular weight excluding hydrogens is 368 g/mol. The average Bonchev–Trinajstić information content (AvgIpc) is 2.97. The zero-order valence-electron chi connectivity index (χ0n) is 16.9. The highest BCUT2D eigenvalue weighted by atomic mass is 32.2. The molecule has 1 aliphatic carbocycles. The Morgan fingerprint density at radius 3 is 2.79 bits per heavy atom. The van der Waals surface area contributed by atoms with Crippen molar-refractivity contribution in [3.8, 4) is 11.3 Å². The molecule has 0 unspecified atom stereocenters. The summed E-state index contributed by atoms with van der Waals surface area (Å²) in [4.78, 5) is 18.7. The first-order valence-electron chi connectivity index (χ1n) is 9.69. The second kappa shape index (κ2) is 6.92. The van der Waals surface area contributed by atoms with Crippen LogP contribution in [0, 0.1) is 5.92 Å². The largest absolute Gasteiger partial charge is 0.268 e. The standard InChI is InChI=1S/C22H26N4OS/c1-6-11-25-20-23-18-16-10-8-7-9-15(16)12-22(4,5)17(18)19(27)26(20)21(24-25)28-13-14(2)3/h6-10,14H,1,11-13H2,2-5H3. The molecule has 0 spiro atoms. The van der Waals surface area contributed by atoms with Gasteiger partial charge in [0, 0.05) is 16.7 Å². The summed E-state index contributed by atoms with van der Waals surface area (Å²) >= 11 is 1.61. The molecule has 2 aromatic heterocycles. The van der Waals surface area contributed by atoms with Crippen LogP contribution in [0.3, 0.4) is 0 Å². The Morgan fingerprint density at radius 1 is 1.32 bits per heavy atom. The molecule has 0 amide bonds. The van der Waals surface area contributed by atoms with Crippen molar-refractivity contribution in [2.45, 2.75) is 51.2 Å². The van der Waals surface area contributed by atoms with Gasteiger partial charge < -0.3 is 0 Å². The third-order valence-corrected chi connectivity index (χ3v) is 6.48. The fourth-order valence-electron chi connectivity index (χ4n) is 3.90. The van der Waals surface area contributed by atoms with Crippen LogP contribution in [-0.4, -0.2) is 24.9 Å². The van der Waals surface area contributed by atoms with Crippen LogP contribution in [0.4, 0.5) is 0 Å². The molecule has 1 aromatic carbocycles. The lowest BCUT2D eigenvalue weighted by Crippen LogP contribution is -2.36. The van der Waals surface area contributed by atoms with Crippen molar-refractivity contribution in [2.75, 3.05) is 5.75 Å². The predicted molar refractivity (Wildman–Crippen MR) is 115 cm³/mol. The number of rotatable bonds is 5. The molecule has 0 atom stereocenters. The molecule has 0 aliphatic heterocycles. The second-order valence-electron chi connectivity index (χ2n) is 8.45. The van der Waals surface area contributed by atoms with Crippen LogP contribution in [0.5, 0.6) is 0 Å². The number of aromatic nitrogens is 4. The topological polar surface area (TPSA) is 52.2 Å². The SMILES string of the molecule is C=CCn1nc(SCC(C)C)n2c(=O)c3c(nc12)-c1ccccc1CC3(C)C. The molecule has 0 saturated carbocycles. The molecule has 0 fully saturated rings. The van der Waals surface area contributed by atoms with Crippen LogP contribution in [0.15, 0.2) is 46.9 Å². The van der Waals surface area contributed by atoms with Gasteiger partial charge in [0.05, 0.1) is 17.8 Å². The van der Waals surface area contributed by atoms with E-state index in [4.69, 9.17) is 10.1 Å². The van der Waals surface area contributed by atoms with Gasteiger partial charge in [-0.05, 0) is 17.9 Å². The smallest absolute Gasteiger partial charge is 0.265 e. The minimum absolute atomic E-state index is 0.000992. The molecule has 2 heterocycles. The third-order valence-electron chi connectivity index (χ3n) is 5.12. The quantitative estimate of drug-likeness (QED) is 0.477. The maximum atomic E-state index is 13.7. The first-order valence-corrected chi connectivity index (χ1v) is 10.7. The van der Waals surface area contributed by atoms with Gasteiger partial charge in [-0.2, -0.15) is 0 Å². The zero-order valence-corrected chi connectivity index (χ0v) is 17.7. The molecule has 0 saturated heterocycles. The average molecular weight is 395 g/mol. The molecule has 0 radical (unpaired) electrons. The minimum Gasteiger partial charge on any atom is -0.268 e. The van der Waals surface area contributed by atoms with Gasteiger partial charge in [-0.3, -0.25) is 4.79 Å². The summed E-state index contributed by atoms with van der Waals surface area (Å²) in [6.45, 7) is 12.9. The van der Waals surface area contributed by atoms with Crippen molar-refractivity contribution in [1.82, 2.24) is 19.2 Å². The number of nitrogens with zero attached hydrogens (tertiary/aromatic N) is 4. The van der Waals surface area contributed by atoms with Crippen molar-refractivity contribution in [1.29, 1.82) is 0 Å². The van der Waals surface area contributed by atoms with E-state index in [-0.39, 0.29) is 11.0 Å². The normalized spacial score (nSPS) is 14.9. The summed E-state index contributed by atoms with van der Waals surface area (Å²) in [5, 5.41) is 5.40. The minimum atomic E-state index is -0.282. The van der Waals surface area contributed by atoms with Crippen LogP contribution in [0.1, 0.15) is 38.8 Å². The Morgan fingerprint density at radius 2 is 2.07 bits per heavy atom. The van der Waals surface area contributed by atoms with Crippen molar-refractivity contribution in [3.05, 3.63) is 58.4 Å². The van der Waals surface area contributed by atoms with Crippen LogP contribution >= 0.6 is 11.8 Å². The Labute approximate surface area is 169 Å². The summed E-state index contributed by atoms with van der Waals surface area (Å²) in [6, 6.07) is 8.26. The van der Waals surface area contributed by atoms with E-state index in [9.17, 15) is 4.79 Å². The van der Waals surface area contributed by atoms with Crippen LogP contribution < -0.4 is 5.56 Å².